The Kier molecular flexibility index (Phi) is 5.94. The zero-order valence-corrected chi connectivity index (χ0v) is 15.9. The van der Waals surface area contributed by atoms with Gasteiger partial charge in [-0.15, -0.1) is 0 Å². The molecule has 7 heteroatoms. The number of carbonyl (C=O) groups is 2. The second-order valence-corrected chi connectivity index (χ2v) is 6.75. The van der Waals surface area contributed by atoms with Crippen LogP contribution >= 0.6 is 23.2 Å². The van der Waals surface area contributed by atoms with Crippen molar-refractivity contribution in [2.45, 2.75) is 13.0 Å². The Balaban J connectivity index is 1.64. The molecule has 1 atom stereocenters. The van der Waals surface area contributed by atoms with Crippen molar-refractivity contribution in [2.75, 3.05) is 6.61 Å². The number of hydrogen-bond donors (Lipinski definition) is 1. The molecular formula is C20H16Cl2N2O3. The maximum atomic E-state index is 12.4. The molecule has 3 aromatic rings. The van der Waals surface area contributed by atoms with Gasteiger partial charge in [0.05, 0.1) is 17.1 Å². The molecule has 0 aliphatic heterocycles. The molecule has 0 saturated carbocycles. The lowest BCUT2D eigenvalue weighted by Crippen LogP contribution is -2.31. The summed E-state index contributed by atoms with van der Waals surface area (Å²) in [5.74, 6) is -1.04. The number of nitrogens with one attached hydrogen (secondary N) is 1. The summed E-state index contributed by atoms with van der Waals surface area (Å²) in [5, 5.41) is 4.19. The van der Waals surface area contributed by atoms with Crippen LogP contribution in [0.3, 0.4) is 0 Å². The molecule has 0 radical (unpaired) electrons. The molecule has 1 amide bonds. The number of fused-ring (bicyclic) bond motifs is 1. The third-order valence-corrected chi connectivity index (χ3v) is 4.43. The molecule has 138 valence electrons. The Morgan fingerprint density at radius 1 is 1.11 bits per heavy atom. The summed E-state index contributed by atoms with van der Waals surface area (Å²) in [4.78, 5) is 28.7. The third kappa shape index (κ3) is 4.76. The number of amides is 1. The summed E-state index contributed by atoms with van der Waals surface area (Å²) in [5.41, 5.74) is 1.74. The molecule has 0 fully saturated rings. The van der Waals surface area contributed by atoms with Crippen LogP contribution in [0.15, 0.2) is 54.6 Å². The number of aromatic nitrogens is 1. The molecule has 3 rings (SSSR count). The highest BCUT2D eigenvalue weighted by Gasteiger charge is 2.16. The minimum Gasteiger partial charge on any atom is -0.452 e. The zero-order chi connectivity index (χ0) is 19.4. The van der Waals surface area contributed by atoms with E-state index in [0.29, 0.717) is 15.9 Å². The topological polar surface area (TPSA) is 68.3 Å². The van der Waals surface area contributed by atoms with Crippen LogP contribution < -0.4 is 5.32 Å². The molecule has 5 nitrogen and oxygen atoms in total. The van der Waals surface area contributed by atoms with Gasteiger partial charge in [0.2, 0.25) is 0 Å². The smallest absolute Gasteiger partial charge is 0.339 e. The van der Waals surface area contributed by atoms with Crippen LogP contribution in [0.5, 0.6) is 0 Å². The number of ether oxygens (including phenoxy) is 1. The lowest BCUT2D eigenvalue weighted by atomic mass is 10.1. The molecule has 0 saturated heterocycles. The van der Waals surface area contributed by atoms with Gasteiger partial charge in [-0.05, 0) is 36.8 Å². The summed E-state index contributed by atoms with van der Waals surface area (Å²) in [6.45, 7) is 1.43. The number of para-hydroxylation sites is 1. The first kappa shape index (κ1) is 19.1. The van der Waals surface area contributed by atoms with Gasteiger partial charge in [0.25, 0.3) is 5.91 Å². The quantitative estimate of drug-likeness (QED) is 0.500. The van der Waals surface area contributed by atoms with E-state index < -0.39 is 18.5 Å². The van der Waals surface area contributed by atoms with Crippen LogP contribution in [0.1, 0.15) is 28.9 Å². The first-order chi connectivity index (χ1) is 12.9. The summed E-state index contributed by atoms with van der Waals surface area (Å²) >= 11 is 11.8. The largest absolute Gasteiger partial charge is 0.452 e. The zero-order valence-electron chi connectivity index (χ0n) is 14.4. The second kappa shape index (κ2) is 8.37. The van der Waals surface area contributed by atoms with E-state index in [1.54, 1.807) is 36.4 Å². The summed E-state index contributed by atoms with van der Waals surface area (Å²) in [6.07, 6.45) is 0. The molecule has 1 N–H and O–H groups in total. The van der Waals surface area contributed by atoms with E-state index in [9.17, 15) is 9.59 Å². The number of carbonyl (C=O) groups excluding carboxylic acids is 2. The van der Waals surface area contributed by atoms with Crippen molar-refractivity contribution >= 4 is 46.0 Å². The van der Waals surface area contributed by atoms with Crippen LogP contribution in [0.25, 0.3) is 10.9 Å². The number of halogens is 2. The molecule has 0 aliphatic rings. The van der Waals surface area contributed by atoms with Gasteiger partial charge in [0.15, 0.2) is 6.61 Å². The van der Waals surface area contributed by atoms with E-state index in [0.717, 1.165) is 5.56 Å². The fourth-order valence-electron chi connectivity index (χ4n) is 2.64. The van der Waals surface area contributed by atoms with Gasteiger partial charge >= 0.3 is 5.97 Å². The van der Waals surface area contributed by atoms with Crippen LogP contribution in [0, 0.1) is 0 Å². The fraction of sp³-hybridized carbons (Fsp3) is 0.150. The molecule has 0 spiro atoms. The maximum Gasteiger partial charge on any atom is 0.339 e. The Bertz CT molecular complexity index is 990. The number of hydrogen-bond acceptors (Lipinski definition) is 4. The van der Waals surface area contributed by atoms with Crippen molar-refractivity contribution in [3.8, 4) is 0 Å². The van der Waals surface area contributed by atoms with Gasteiger partial charge in [-0.3, -0.25) is 4.79 Å². The summed E-state index contributed by atoms with van der Waals surface area (Å²) in [6, 6.07) is 15.4. The number of esters is 1. The second-order valence-electron chi connectivity index (χ2n) is 5.93. The Hall–Kier alpha value is -2.63. The van der Waals surface area contributed by atoms with Crippen molar-refractivity contribution in [3.63, 3.8) is 0 Å². The van der Waals surface area contributed by atoms with Gasteiger partial charge in [-0.25, -0.2) is 9.78 Å². The van der Waals surface area contributed by atoms with Crippen LogP contribution in [-0.2, 0) is 9.53 Å². The minimum atomic E-state index is -0.634. The van der Waals surface area contributed by atoms with E-state index in [-0.39, 0.29) is 16.8 Å². The van der Waals surface area contributed by atoms with Crippen molar-refractivity contribution in [3.05, 3.63) is 75.9 Å². The van der Waals surface area contributed by atoms with Crippen LogP contribution in [-0.4, -0.2) is 23.5 Å². The van der Waals surface area contributed by atoms with E-state index in [1.807, 2.05) is 19.1 Å². The number of pyridine rings is 1. The Morgan fingerprint density at radius 3 is 2.56 bits per heavy atom. The maximum absolute atomic E-state index is 12.4. The van der Waals surface area contributed by atoms with Gasteiger partial charge in [-0.1, -0.05) is 53.5 Å². The number of rotatable bonds is 5. The average Bonchev–Trinajstić information content (AvgIpc) is 2.65. The molecule has 1 unspecified atom stereocenters. The van der Waals surface area contributed by atoms with E-state index in [2.05, 4.69) is 10.3 Å². The molecule has 2 aromatic carbocycles. The Labute approximate surface area is 166 Å². The third-order valence-electron chi connectivity index (χ3n) is 3.99. The average molecular weight is 403 g/mol. The first-order valence-electron chi connectivity index (χ1n) is 8.21. The lowest BCUT2D eigenvalue weighted by Gasteiger charge is -2.14. The molecule has 1 aromatic heterocycles. The Morgan fingerprint density at radius 2 is 1.81 bits per heavy atom. The molecular weight excluding hydrogens is 387 g/mol. The molecule has 0 aliphatic carbocycles. The van der Waals surface area contributed by atoms with Crippen molar-refractivity contribution in [1.29, 1.82) is 0 Å². The first-order valence-corrected chi connectivity index (χ1v) is 8.97. The van der Waals surface area contributed by atoms with Crippen LogP contribution in [0.4, 0.5) is 0 Å². The van der Waals surface area contributed by atoms with E-state index in [1.165, 1.54) is 6.07 Å². The summed E-state index contributed by atoms with van der Waals surface area (Å²) in [7, 11) is 0. The number of nitrogens with zero attached hydrogens (tertiary/aromatic N) is 1. The van der Waals surface area contributed by atoms with E-state index >= 15 is 0 Å². The highest BCUT2D eigenvalue weighted by Crippen LogP contribution is 2.21. The predicted molar refractivity (Wildman–Crippen MR) is 105 cm³/mol. The predicted octanol–water partition coefficient (Wildman–Crippen LogP) is 4.58. The van der Waals surface area contributed by atoms with Crippen molar-refractivity contribution < 1.29 is 14.3 Å². The van der Waals surface area contributed by atoms with Crippen molar-refractivity contribution in [1.82, 2.24) is 10.3 Å². The number of benzene rings is 2. The summed E-state index contributed by atoms with van der Waals surface area (Å²) < 4.78 is 5.15. The molecule has 0 bridgehead atoms. The normalized spacial score (nSPS) is 11.8. The molecule has 1 heterocycles. The highest BCUT2D eigenvalue weighted by molar-refractivity contribution is 6.30. The van der Waals surface area contributed by atoms with Gasteiger partial charge < -0.3 is 10.1 Å². The standard InChI is InChI=1S/C20H16Cl2N2O3/c1-12(13-6-8-14(21)9-7-13)23-19(25)11-27-20(26)16-10-18(22)24-17-5-3-2-4-15(16)17/h2-10,12H,11H2,1H3,(H,23,25). The van der Waals surface area contributed by atoms with Crippen molar-refractivity contribution in [2.24, 2.45) is 0 Å². The monoisotopic (exact) mass is 402 g/mol. The van der Waals surface area contributed by atoms with Crippen LogP contribution in [0.2, 0.25) is 10.2 Å². The van der Waals surface area contributed by atoms with Gasteiger partial charge in [0, 0.05) is 10.4 Å². The minimum absolute atomic E-state index is 0.182. The van der Waals surface area contributed by atoms with E-state index in [4.69, 9.17) is 27.9 Å². The SMILES string of the molecule is CC(NC(=O)COC(=O)c1cc(Cl)nc2ccccc12)c1ccc(Cl)cc1. The highest BCUT2D eigenvalue weighted by atomic mass is 35.5. The van der Waals surface area contributed by atoms with Gasteiger partial charge in [-0.2, -0.15) is 0 Å². The molecule has 27 heavy (non-hydrogen) atoms. The fourth-order valence-corrected chi connectivity index (χ4v) is 2.96. The van der Waals surface area contributed by atoms with Gasteiger partial charge in [0.1, 0.15) is 5.15 Å². The lowest BCUT2D eigenvalue weighted by molar-refractivity contribution is -0.124.